The number of hydrogen-bond acceptors (Lipinski definition) is 5. The van der Waals surface area contributed by atoms with Gasteiger partial charge in [0.05, 0.1) is 18.3 Å². The zero-order valence-electron chi connectivity index (χ0n) is 15.3. The molecule has 1 unspecified atom stereocenters. The second-order valence-corrected chi connectivity index (χ2v) is 8.86. The highest BCUT2D eigenvalue weighted by Gasteiger charge is 2.35. The molecule has 0 spiro atoms. The fraction of sp³-hybridized carbons (Fsp3) is 0.429. The molecule has 2 aromatic heterocycles. The summed E-state index contributed by atoms with van der Waals surface area (Å²) in [6.45, 7) is 3.73. The van der Waals surface area contributed by atoms with Crippen LogP contribution in [0, 0.1) is 5.92 Å². The first kappa shape index (κ1) is 17.1. The molecule has 6 heteroatoms. The zero-order chi connectivity index (χ0) is 18.2. The Morgan fingerprint density at radius 2 is 1.89 bits per heavy atom. The molecule has 3 fully saturated rings. The summed E-state index contributed by atoms with van der Waals surface area (Å²) in [5.74, 6) is 0.762. The second kappa shape index (κ2) is 7.19. The number of rotatable bonds is 5. The summed E-state index contributed by atoms with van der Waals surface area (Å²) in [7, 11) is 0. The minimum atomic E-state index is 0.109. The lowest BCUT2D eigenvalue weighted by Gasteiger charge is -2.44. The van der Waals surface area contributed by atoms with Gasteiger partial charge in [0, 0.05) is 28.9 Å². The number of thiophene rings is 1. The van der Waals surface area contributed by atoms with E-state index < -0.39 is 0 Å². The van der Waals surface area contributed by atoms with Crippen LogP contribution in [0.5, 0.6) is 0 Å². The Hall–Kier alpha value is -2.02. The molecule has 1 N–H and O–H groups in total. The van der Waals surface area contributed by atoms with Crippen LogP contribution in [0.3, 0.4) is 0 Å². The lowest BCUT2D eigenvalue weighted by Crippen LogP contribution is -2.48. The van der Waals surface area contributed by atoms with Crippen LogP contribution in [-0.4, -0.2) is 44.6 Å². The number of fused-ring (bicyclic) bond motifs is 3. The van der Waals surface area contributed by atoms with Gasteiger partial charge in [-0.1, -0.05) is 29.5 Å². The van der Waals surface area contributed by atoms with Crippen molar-refractivity contribution in [3.05, 3.63) is 58.7 Å². The Morgan fingerprint density at radius 3 is 2.56 bits per heavy atom. The van der Waals surface area contributed by atoms with Gasteiger partial charge in [-0.3, -0.25) is 0 Å². The molecule has 27 heavy (non-hydrogen) atoms. The summed E-state index contributed by atoms with van der Waals surface area (Å²) in [5, 5.41) is 18.1. The minimum Gasteiger partial charge on any atom is -0.391 e. The number of nitrogens with zero attached hydrogens (tertiary/aromatic N) is 4. The molecule has 0 amide bonds. The van der Waals surface area contributed by atoms with E-state index in [0.29, 0.717) is 6.04 Å². The normalized spacial score (nSPS) is 24.4. The standard InChI is InChI=1S/C21H24N4OS/c26-14-19-5-6-21(27-19)17-3-1-15(2-4-17)11-18-12-25(23-22-18)20-13-24-9-7-16(20)8-10-24/h1-6,12,16,20,26H,7-11,13-14H2. The number of aliphatic hydroxyl groups is 1. The zero-order valence-corrected chi connectivity index (χ0v) is 16.1. The van der Waals surface area contributed by atoms with Gasteiger partial charge in [0.2, 0.25) is 0 Å². The van der Waals surface area contributed by atoms with Crippen molar-refractivity contribution in [2.75, 3.05) is 19.6 Å². The van der Waals surface area contributed by atoms with Gasteiger partial charge in [-0.05, 0) is 55.1 Å². The number of piperidine rings is 3. The monoisotopic (exact) mass is 380 g/mol. The maximum Gasteiger partial charge on any atom is 0.0870 e. The summed E-state index contributed by atoms with van der Waals surface area (Å²) in [6, 6.07) is 13.2. The molecule has 0 radical (unpaired) electrons. The van der Waals surface area contributed by atoms with Gasteiger partial charge in [0.25, 0.3) is 0 Å². The van der Waals surface area contributed by atoms with E-state index in [1.807, 2.05) is 6.07 Å². The van der Waals surface area contributed by atoms with E-state index in [9.17, 15) is 5.11 Å². The molecule has 3 aliphatic rings. The van der Waals surface area contributed by atoms with Crippen molar-refractivity contribution in [2.24, 2.45) is 5.92 Å². The first-order valence-corrected chi connectivity index (χ1v) is 10.5. The van der Waals surface area contributed by atoms with Crippen LogP contribution in [0.25, 0.3) is 10.4 Å². The van der Waals surface area contributed by atoms with Crippen molar-refractivity contribution in [1.82, 2.24) is 19.9 Å². The van der Waals surface area contributed by atoms with Gasteiger partial charge in [0.1, 0.15) is 0 Å². The van der Waals surface area contributed by atoms with Gasteiger partial charge >= 0.3 is 0 Å². The van der Waals surface area contributed by atoms with Gasteiger partial charge in [0.15, 0.2) is 0 Å². The van der Waals surface area contributed by atoms with Crippen molar-refractivity contribution in [3.63, 3.8) is 0 Å². The van der Waals surface area contributed by atoms with Gasteiger partial charge < -0.3 is 10.0 Å². The molecule has 1 atom stereocenters. The highest BCUT2D eigenvalue weighted by Crippen LogP contribution is 2.35. The number of aliphatic hydroxyl groups excluding tert-OH is 1. The van der Waals surface area contributed by atoms with E-state index >= 15 is 0 Å². The fourth-order valence-corrected chi connectivity index (χ4v) is 5.28. The van der Waals surface area contributed by atoms with Crippen molar-refractivity contribution in [1.29, 1.82) is 0 Å². The van der Waals surface area contributed by atoms with Crippen LogP contribution in [0.15, 0.2) is 42.6 Å². The van der Waals surface area contributed by atoms with E-state index in [1.165, 1.54) is 41.9 Å². The molecule has 0 saturated carbocycles. The Balaban J connectivity index is 1.27. The molecule has 2 bridgehead atoms. The average molecular weight is 381 g/mol. The van der Waals surface area contributed by atoms with Crippen LogP contribution in [-0.2, 0) is 13.0 Å². The lowest BCUT2D eigenvalue weighted by atomic mass is 9.84. The quantitative estimate of drug-likeness (QED) is 0.737. The topological polar surface area (TPSA) is 54.2 Å². The predicted molar refractivity (Wildman–Crippen MR) is 107 cm³/mol. The van der Waals surface area contributed by atoms with Crippen LogP contribution in [0.2, 0.25) is 0 Å². The summed E-state index contributed by atoms with van der Waals surface area (Å²) in [6.07, 6.45) is 5.55. The summed E-state index contributed by atoms with van der Waals surface area (Å²) >= 11 is 1.64. The molecule has 1 aromatic carbocycles. The van der Waals surface area contributed by atoms with E-state index in [4.69, 9.17) is 0 Å². The van der Waals surface area contributed by atoms with E-state index in [-0.39, 0.29) is 6.61 Å². The third-order valence-corrected chi connectivity index (χ3v) is 7.08. The first-order valence-electron chi connectivity index (χ1n) is 9.70. The third-order valence-electron chi connectivity index (χ3n) is 5.96. The van der Waals surface area contributed by atoms with Gasteiger partial charge in [-0.25, -0.2) is 4.68 Å². The summed E-state index contributed by atoms with van der Waals surface area (Å²) < 4.78 is 2.11. The first-order chi connectivity index (χ1) is 13.3. The average Bonchev–Trinajstić information content (AvgIpc) is 3.39. The van der Waals surface area contributed by atoms with E-state index in [0.717, 1.165) is 29.5 Å². The molecular formula is C21H24N4OS. The highest BCUT2D eigenvalue weighted by atomic mass is 32.1. The van der Waals surface area contributed by atoms with Crippen molar-refractivity contribution in [2.45, 2.75) is 31.9 Å². The summed E-state index contributed by atoms with van der Waals surface area (Å²) in [4.78, 5) is 4.75. The molecule has 6 rings (SSSR count). The maximum absolute atomic E-state index is 9.23. The molecule has 3 aliphatic heterocycles. The molecule has 5 heterocycles. The SMILES string of the molecule is OCc1ccc(-c2ccc(Cc3cn(C4CN5CCC4CC5)nn3)cc2)s1. The van der Waals surface area contributed by atoms with Gasteiger partial charge in [-0.2, -0.15) is 0 Å². The van der Waals surface area contributed by atoms with Crippen LogP contribution >= 0.6 is 11.3 Å². The van der Waals surface area contributed by atoms with Crippen molar-refractivity contribution in [3.8, 4) is 10.4 Å². The molecular weight excluding hydrogens is 356 g/mol. The molecule has 3 aromatic rings. The Bertz CT molecular complexity index is 908. The van der Waals surface area contributed by atoms with Crippen molar-refractivity contribution >= 4 is 11.3 Å². The highest BCUT2D eigenvalue weighted by molar-refractivity contribution is 7.15. The third kappa shape index (κ3) is 3.45. The minimum absolute atomic E-state index is 0.109. The molecule has 140 valence electrons. The van der Waals surface area contributed by atoms with E-state index in [1.54, 1.807) is 11.3 Å². The number of hydrogen-bond donors (Lipinski definition) is 1. The molecule has 3 saturated heterocycles. The van der Waals surface area contributed by atoms with Crippen molar-refractivity contribution < 1.29 is 5.11 Å². The summed E-state index contributed by atoms with van der Waals surface area (Å²) in [5.41, 5.74) is 3.48. The molecule has 5 nitrogen and oxygen atoms in total. The fourth-order valence-electron chi connectivity index (χ4n) is 4.40. The van der Waals surface area contributed by atoms with Crippen LogP contribution in [0.1, 0.15) is 35.0 Å². The van der Waals surface area contributed by atoms with Crippen LogP contribution in [0.4, 0.5) is 0 Å². The number of aromatic nitrogens is 3. The largest absolute Gasteiger partial charge is 0.391 e. The lowest BCUT2D eigenvalue weighted by molar-refractivity contribution is 0.0503. The maximum atomic E-state index is 9.23. The van der Waals surface area contributed by atoms with Crippen LogP contribution < -0.4 is 0 Å². The molecule has 0 aliphatic carbocycles. The number of benzene rings is 1. The Morgan fingerprint density at radius 1 is 1.07 bits per heavy atom. The smallest absolute Gasteiger partial charge is 0.0870 e. The second-order valence-electron chi connectivity index (χ2n) is 7.69. The predicted octanol–water partition coefficient (Wildman–Crippen LogP) is 3.36. The van der Waals surface area contributed by atoms with Gasteiger partial charge in [-0.15, -0.1) is 16.4 Å². The Kier molecular flexibility index (Phi) is 4.55. The Labute approximate surface area is 163 Å². The van der Waals surface area contributed by atoms with E-state index in [2.05, 4.69) is 56.4 Å².